The molecule has 1 heterocycles. The van der Waals surface area contributed by atoms with Gasteiger partial charge in [-0.3, -0.25) is 14.9 Å². The highest BCUT2D eigenvalue weighted by Crippen LogP contribution is 2.26. The van der Waals surface area contributed by atoms with E-state index in [4.69, 9.17) is 5.11 Å². The van der Waals surface area contributed by atoms with E-state index >= 15 is 0 Å². The van der Waals surface area contributed by atoms with Crippen molar-refractivity contribution >= 4 is 22.7 Å². The second-order valence-electron chi connectivity index (χ2n) is 4.77. The Morgan fingerprint density at radius 2 is 1.90 bits per heavy atom. The number of hydrogen-bond donors (Lipinski definition) is 1. The number of nitro groups is 1. The van der Waals surface area contributed by atoms with Crippen molar-refractivity contribution in [2.45, 2.75) is 38.5 Å². The Bertz CT molecular complexity index is 652. The SMILES string of the molecule is O=C(O)CCCCCCc1ccc([N+](=O)[O-])c2nonc12. The number of carboxylic acid groups (broad SMARTS) is 1. The predicted molar refractivity (Wildman–Crippen MR) is 72.9 cm³/mol. The van der Waals surface area contributed by atoms with Crippen LogP contribution >= 0.6 is 0 Å². The number of aromatic nitrogens is 2. The van der Waals surface area contributed by atoms with E-state index in [1.807, 2.05) is 0 Å². The maximum Gasteiger partial charge on any atom is 0.303 e. The van der Waals surface area contributed by atoms with Gasteiger partial charge in [0.2, 0.25) is 5.52 Å². The Labute approximate surface area is 119 Å². The van der Waals surface area contributed by atoms with E-state index in [9.17, 15) is 14.9 Å². The molecule has 0 fully saturated rings. The summed E-state index contributed by atoms with van der Waals surface area (Å²) in [4.78, 5) is 20.7. The van der Waals surface area contributed by atoms with Crippen LogP contribution in [0.25, 0.3) is 11.0 Å². The third-order valence-corrected chi connectivity index (χ3v) is 3.26. The molecule has 0 amide bonds. The zero-order chi connectivity index (χ0) is 15.2. The van der Waals surface area contributed by atoms with Crippen molar-refractivity contribution < 1.29 is 19.5 Å². The molecule has 0 saturated carbocycles. The number of benzene rings is 1. The van der Waals surface area contributed by atoms with Crippen LogP contribution in [0.4, 0.5) is 5.69 Å². The van der Waals surface area contributed by atoms with Gasteiger partial charge in [0.05, 0.1) is 4.92 Å². The molecule has 0 spiro atoms. The zero-order valence-electron chi connectivity index (χ0n) is 11.3. The number of nitro benzene ring substituents is 1. The molecule has 0 aliphatic carbocycles. The fraction of sp³-hybridized carbons (Fsp3) is 0.462. The molecule has 1 aromatic heterocycles. The summed E-state index contributed by atoms with van der Waals surface area (Å²) in [6.45, 7) is 0. The molecule has 1 aromatic carbocycles. The van der Waals surface area contributed by atoms with Crippen molar-refractivity contribution in [2.24, 2.45) is 0 Å². The van der Waals surface area contributed by atoms with Crippen LogP contribution in [-0.2, 0) is 11.2 Å². The lowest BCUT2D eigenvalue weighted by atomic mass is 10.0. The third-order valence-electron chi connectivity index (χ3n) is 3.26. The third kappa shape index (κ3) is 3.74. The van der Waals surface area contributed by atoms with E-state index in [-0.39, 0.29) is 17.6 Å². The lowest BCUT2D eigenvalue weighted by Gasteiger charge is -2.02. The highest BCUT2D eigenvalue weighted by atomic mass is 16.6. The second kappa shape index (κ2) is 6.78. The Kier molecular flexibility index (Phi) is 4.81. The van der Waals surface area contributed by atoms with E-state index in [0.29, 0.717) is 18.4 Å². The molecule has 0 aliphatic rings. The van der Waals surface area contributed by atoms with Crippen LogP contribution in [0.15, 0.2) is 16.8 Å². The first-order valence-corrected chi connectivity index (χ1v) is 6.70. The maximum atomic E-state index is 10.9. The van der Waals surface area contributed by atoms with E-state index in [0.717, 1.165) is 24.8 Å². The van der Waals surface area contributed by atoms with Gasteiger partial charge in [0.15, 0.2) is 0 Å². The topological polar surface area (TPSA) is 119 Å². The van der Waals surface area contributed by atoms with Crippen LogP contribution in [0.5, 0.6) is 0 Å². The summed E-state index contributed by atoms with van der Waals surface area (Å²) in [5.41, 5.74) is 1.34. The Morgan fingerprint density at radius 3 is 2.62 bits per heavy atom. The molecule has 2 aromatic rings. The van der Waals surface area contributed by atoms with Crippen molar-refractivity contribution in [3.05, 3.63) is 27.8 Å². The van der Waals surface area contributed by atoms with Gasteiger partial charge in [0.1, 0.15) is 5.52 Å². The van der Waals surface area contributed by atoms with Crippen LogP contribution in [0, 0.1) is 10.1 Å². The average molecular weight is 293 g/mol. The van der Waals surface area contributed by atoms with Gasteiger partial charge in [-0.2, -0.15) is 0 Å². The average Bonchev–Trinajstić information content (AvgIpc) is 2.91. The number of non-ortho nitro benzene ring substituents is 1. The number of carboxylic acids is 1. The number of nitrogens with zero attached hydrogens (tertiary/aromatic N) is 3. The first-order chi connectivity index (χ1) is 10.1. The quantitative estimate of drug-likeness (QED) is 0.451. The first-order valence-electron chi connectivity index (χ1n) is 6.70. The number of carbonyl (C=O) groups is 1. The summed E-state index contributed by atoms with van der Waals surface area (Å²) in [6, 6.07) is 3.08. The van der Waals surface area contributed by atoms with Gasteiger partial charge in [-0.15, -0.1) is 0 Å². The second-order valence-corrected chi connectivity index (χ2v) is 4.77. The number of rotatable bonds is 8. The van der Waals surface area contributed by atoms with Crippen molar-refractivity contribution in [2.75, 3.05) is 0 Å². The van der Waals surface area contributed by atoms with Crippen molar-refractivity contribution in [1.82, 2.24) is 10.3 Å². The standard InChI is InChI=1S/C13H15N3O5/c17-11(18)6-4-2-1-3-5-9-7-8-10(16(19)20)13-12(9)14-21-15-13/h7-8H,1-6H2,(H,17,18). The Balaban J connectivity index is 1.94. The minimum atomic E-state index is -0.777. The number of aliphatic carboxylic acids is 1. The van der Waals surface area contributed by atoms with Gasteiger partial charge in [-0.05, 0) is 41.2 Å². The minimum absolute atomic E-state index is 0.114. The summed E-state index contributed by atoms with van der Waals surface area (Å²) in [6.07, 6.45) is 4.16. The van der Waals surface area contributed by atoms with E-state index in [1.54, 1.807) is 6.07 Å². The minimum Gasteiger partial charge on any atom is -0.481 e. The molecule has 0 bridgehead atoms. The molecule has 21 heavy (non-hydrogen) atoms. The summed E-state index contributed by atoms with van der Waals surface area (Å²) >= 11 is 0. The van der Waals surface area contributed by atoms with Gasteiger partial charge in [-0.25, -0.2) is 4.63 Å². The molecule has 0 unspecified atom stereocenters. The molecule has 8 heteroatoms. The lowest BCUT2D eigenvalue weighted by Crippen LogP contribution is -1.95. The Hall–Kier alpha value is -2.51. The van der Waals surface area contributed by atoms with Gasteiger partial charge in [0, 0.05) is 12.5 Å². The van der Waals surface area contributed by atoms with Gasteiger partial charge in [0.25, 0.3) is 0 Å². The lowest BCUT2D eigenvalue weighted by molar-refractivity contribution is -0.383. The van der Waals surface area contributed by atoms with Crippen molar-refractivity contribution in [1.29, 1.82) is 0 Å². The van der Waals surface area contributed by atoms with E-state index in [2.05, 4.69) is 14.9 Å². The molecule has 1 N–H and O–H groups in total. The van der Waals surface area contributed by atoms with Gasteiger partial charge < -0.3 is 5.11 Å². The molecule has 2 rings (SSSR count). The number of hydrogen-bond acceptors (Lipinski definition) is 6. The van der Waals surface area contributed by atoms with Crippen LogP contribution in [0.3, 0.4) is 0 Å². The highest BCUT2D eigenvalue weighted by molar-refractivity contribution is 5.85. The van der Waals surface area contributed by atoms with E-state index in [1.165, 1.54) is 6.07 Å². The van der Waals surface area contributed by atoms with Crippen LogP contribution < -0.4 is 0 Å². The first kappa shape index (κ1) is 14.9. The van der Waals surface area contributed by atoms with Crippen LogP contribution in [0.1, 0.15) is 37.7 Å². The maximum absolute atomic E-state index is 10.9. The van der Waals surface area contributed by atoms with Gasteiger partial charge in [-0.1, -0.05) is 12.8 Å². The normalized spacial score (nSPS) is 10.9. The fourth-order valence-electron chi connectivity index (χ4n) is 2.20. The largest absolute Gasteiger partial charge is 0.481 e. The Morgan fingerprint density at radius 1 is 1.19 bits per heavy atom. The number of unbranched alkanes of at least 4 members (excludes halogenated alkanes) is 3. The molecular formula is C13H15N3O5. The summed E-state index contributed by atoms with van der Waals surface area (Å²) in [5, 5.41) is 26.7. The van der Waals surface area contributed by atoms with Crippen molar-refractivity contribution in [3.8, 4) is 0 Å². The smallest absolute Gasteiger partial charge is 0.303 e. The molecule has 0 radical (unpaired) electrons. The summed E-state index contributed by atoms with van der Waals surface area (Å²) in [5.74, 6) is -0.777. The zero-order valence-corrected chi connectivity index (χ0v) is 11.3. The molecule has 112 valence electrons. The van der Waals surface area contributed by atoms with Crippen molar-refractivity contribution in [3.63, 3.8) is 0 Å². The monoisotopic (exact) mass is 293 g/mol. The molecule has 0 atom stereocenters. The van der Waals surface area contributed by atoms with Gasteiger partial charge >= 0.3 is 11.7 Å². The summed E-state index contributed by atoms with van der Waals surface area (Å²) < 4.78 is 4.60. The highest BCUT2D eigenvalue weighted by Gasteiger charge is 2.19. The predicted octanol–water partition coefficient (Wildman–Crippen LogP) is 2.71. The van der Waals surface area contributed by atoms with Crippen LogP contribution in [-0.4, -0.2) is 26.3 Å². The fourth-order valence-corrected chi connectivity index (χ4v) is 2.20. The molecular weight excluding hydrogens is 278 g/mol. The molecule has 0 aliphatic heterocycles. The number of fused-ring (bicyclic) bond motifs is 1. The molecule has 8 nitrogen and oxygen atoms in total. The molecule has 0 saturated heterocycles. The van der Waals surface area contributed by atoms with E-state index < -0.39 is 10.9 Å². The summed E-state index contributed by atoms with van der Waals surface area (Å²) in [7, 11) is 0. The number of aryl methyl sites for hydroxylation is 1. The van der Waals surface area contributed by atoms with Crippen LogP contribution in [0.2, 0.25) is 0 Å².